The monoisotopic (exact) mass is 546 g/mol. The van der Waals surface area contributed by atoms with Crippen LogP contribution in [0, 0.1) is 52.8 Å². The molecular weight excluding hydrogens is 496 g/mol. The summed E-state index contributed by atoms with van der Waals surface area (Å²) in [5.41, 5.74) is 6.61. The number of methoxy groups -OCH3 is 1. The van der Waals surface area contributed by atoms with E-state index in [1.807, 2.05) is 6.08 Å². The Balaban J connectivity index is 1.39. The van der Waals surface area contributed by atoms with Crippen LogP contribution in [-0.4, -0.2) is 75.6 Å². The van der Waals surface area contributed by atoms with E-state index in [1.165, 1.54) is 5.57 Å². The van der Waals surface area contributed by atoms with Crippen molar-refractivity contribution in [3.05, 3.63) is 11.6 Å². The predicted octanol–water partition coefficient (Wildman–Crippen LogP) is 3.29. The van der Waals surface area contributed by atoms with Crippen LogP contribution in [0.15, 0.2) is 11.6 Å². The molecule has 0 aromatic heterocycles. The van der Waals surface area contributed by atoms with Crippen molar-refractivity contribution in [3.63, 3.8) is 0 Å². The second kappa shape index (κ2) is 12.3. The number of ether oxygens (including phenoxy) is 3. The maximum absolute atomic E-state index is 13.9. The molecule has 1 saturated heterocycles. The Morgan fingerprint density at radius 2 is 2.05 bits per heavy atom. The predicted molar refractivity (Wildman–Crippen MR) is 148 cm³/mol. The summed E-state index contributed by atoms with van der Waals surface area (Å²) in [6.45, 7) is 8.55. The van der Waals surface area contributed by atoms with Gasteiger partial charge in [0.05, 0.1) is 37.9 Å². The van der Waals surface area contributed by atoms with Gasteiger partial charge >= 0.3 is 5.97 Å². The van der Waals surface area contributed by atoms with Crippen LogP contribution in [0.25, 0.3) is 0 Å². The number of hydrogen-bond acceptors (Lipinski definition) is 7. The number of nitrogens with one attached hydrogen (secondary N) is 1. The fourth-order valence-corrected chi connectivity index (χ4v) is 9.49. The molecule has 8 nitrogen and oxygen atoms in total. The standard InChI is InChI=1S/C31H50N2O6/c1-18(2)13-19-5-6-21-20-7-8-23-22-16-38-17-31(23,24(20)14-25(34)28(21)27(19)30(35)36)15-26(37-3)29(22)39-12-11-33-10-4-9-32/h14,18-23,26-29,33H,4-13,15-17,32H2,1-3H3,(H,35,36)/t19?,20?,21?,22?,23?,26-,27?,28?,29-,31+/m1/s1. The molecule has 5 aliphatic rings. The number of rotatable bonds is 11. The summed E-state index contributed by atoms with van der Waals surface area (Å²) in [7, 11) is 1.78. The molecule has 10 atom stereocenters. The highest BCUT2D eigenvalue weighted by molar-refractivity contribution is 5.97. The van der Waals surface area contributed by atoms with Crippen LogP contribution in [-0.2, 0) is 23.8 Å². The van der Waals surface area contributed by atoms with Crippen molar-refractivity contribution in [2.24, 2.45) is 58.5 Å². The van der Waals surface area contributed by atoms with Crippen molar-refractivity contribution in [3.8, 4) is 0 Å². The van der Waals surface area contributed by atoms with Crippen molar-refractivity contribution in [2.75, 3.05) is 46.6 Å². The number of carboxylic acids is 1. The van der Waals surface area contributed by atoms with Gasteiger partial charge in [-0.25, -0.2) is 0 Å². The number of carboxylic acid groups (broad SMARTS) is 1. The summed E-state index contributed by atoms with van der Waals surface area (Å²) < 4.78 is 18.9. The summed E-state index contributed by atoms with van der Waals surface area (Å²) >= 11 is 0. The summed E-state index contributed by atoms with van der Waals surface area (Å²) in [4.78, 5) is 26.4. The van der Waals surface area contributed by atoms with Gasteiger partial charge in [-0.2, -0.15) is 0 Å². The van der Waals surface area contributed by atoms with Crippen LogP contribution >= 0.6 is 0 Å². The first-order valence-electron chi connectivity index (χ1n) is 15.4. The molecule has 0 aromatic rings. The highest BCUT2D eigenvalue weighted by Gasteiger charge is 2.63. The average Bonchev–Trinajstić information content (AvgIpc) is 2.90. The Kier molecular flexibility index (Phi) is 9.18. The minimum absolute atomic E-state index is 0.0308. The molecule has 4 aliphatic carbocycles. The minimum Gasteiger partial charge on any atom is -0.481 e. The second-order valence-electron chi connectivity index (χ2n) is 13.4. The zero-order valence-corrected chi connectivity index (χ0v) is 24.1. The van der Waals surface area contributed by atoms with Gasteiger partial charge in [0.25, 0.3) is 0 Å². The summed E-state index contributed by atoms with van der Waals surface area (Å²) in [6, 6.07) is 0. The lowest BCUT2D eigenvalue weighted by Gasteiger charge is -2.63. The molecule has 3 saturated carbocycles. The van der Waals surface area contributed by atoms with E-state index in [9.17, 15) is 14.7 Å². The number of hydrogen-bond donors (Lipinski definition) is 3. The molecule has 4 N–H and O–H groups in total. The third-order valence-corrected chi connectivity index (χ3v) is 10.9. The average molecular weight is 547 g/mol. The SMILES string of the molecule is CO[C@@H]1C[C@]23COCC(C2CCC2C3=CC(=O)C3C2CCC(CC(C)C)C3C(=O)O)[C@H]1OCCNCCCN. The zero-order chi connectivity index (χ0) is 27.7. The number of fused-ring (bicyclic) bond motifs is 3. The fourth-order valence-electron chi connectivity index (χ4n) is 9.49. The first-order valence-corrected chi connectivity index (χ1v) is 15.4. The number of ketones is 1. The Morgan fingerprint density at radius 1 is 1.23 bits per heavy atom. The molecule has 0 radical (unpaired) electrons. The normalized spacial score (nSPS) is 41.4. The van der Waals surface area contributed by atoms with Gasteiger partial charge in [-0.15, -0.1) is 0 Å². The highest BCUT2D eigenvalue weighted by atomic mass is 16.5. The van der Waals surface area contributed by atoms with E-state index in [2.05, 4.69) is 19.2 Å². The van der Waals surface area contributed by atoms with E-state index in [4.69, 9.17) is 19.9 Å². The molecule has 5 rings (SSSR count). The summed E-state index contributed by atoms with van der Waals surface area (Å²) in [5.74, 6) is -0.214. The largest absolute Gasteiger partial charge is 0.481 e. The van der Waals surface area contributed by atoms with Crippen LogP contribution in [0.3, 0.4) is 0 Å². The molecule has 7 unspecified atom stereocenters. The molecule has 39 heavy (non-hydrogen) atoms. The lowest BCUT2D eigenvalue weighted by atomic mass is 9.45. The number of carbonyl (C=O) groups is 2. The van der Waals surface area contributed by atoms with Gasteiger partial charge < -0.3 is 30.4 Å². The lowest BCUT2D eigenvalue weighted by Crippen LogP contribution is -2.64. The molecule has 2 bridgehead atoms. The van der Waals surface area contributed by atoms with Crippen molar-refractivity contribution in [2.45, 2.75) is 71.0 Å². The molecule has 220 valence electrons. The molecule has 4 fully saturated rings. The number of allylic oxidation sites excluding steroid dienone is 1. The van der Waals surface area contributed by atoms with Crippen molar-refractivity contribution in [1.29, 1.82) is 0 Å². The van der Waals surface area contributed by atoms with Gasteiger partial charge in [-0.1, -0.05) is 19.4 Å². The topological polar surface area (TPSA) is 120 Å². The summed E-state index contributed by atoms with van der Waals surface area (Å²) in [6.07, 6.45) is 8.37. The van der Waals surface area contributed by atoms with Gasteiger partial charge in [0.15, 0.2) is 5.78 Å². The zero-order valence-electron chi connectivity index (χ0n) is 24.1. The van der Waals surface area contributed by atoms with Gasteiger partial charge in [0.2, 0.25) is 0 Å². The second-order valence-corrected chi connectivity index (χ2v) is 13.4. The van der Waals surface area contributed by atoms with E-state index in [0.717, 1.165) is 58.0 Å². The lowest BCUT2D eigenvalue weighted by molar-refractivity contribution is -0.220. The van der Waals surface area contributed by atoms with Gasteiger partial charge in [-0.3, -0.25) is 9.59 Å². The van der Waals surface area contributed by atoms with Gasteiger partial charge in [0.1, 0.15) is 0 Å². The van der Waals surface area contributed by atoms with Crippen molar-refractivity contribution in [1.82, 2.24) is 5.32 Å². The summed E-state index contributed by atoms with van der Waals surface area (Å²) in [5, 5.41) is 13.7. The molecule has 1 heterocycles. The number of carbonyl (C=O) groups excluding carboxylic acids is 1. The quantitative estimate of drug-likeness (QED) is 0.338. The molecule has 8 heteroatoms. The maximum atomic E-state index is 13.9. The van der Waals surface area contributed by atoms with E-state index in [0.29, 0.717) is 38.2 Å². The molecule has 0 spiro atoms. The van der Waals surface area contributed by atoms with Crippen LogP contribution in [0.4, 0.5) is 0 Å². The van der Waals surface area contributed by atoms with Gasteiger partial charge in [-0.05, 0) is 93.7 Å². The third kappa shape index (κ3) is 5.36. The molecule has 1 aliphatic heterocycles. The smallest absolute Gasteiger partial charge is 0.307 e. The first-order chi connectivity index (χ1) is 18.8. The Bertz CT molecular complexity index is 923. The van der Waals surface area contributed by atoms with E-state index in [-0.39, 0.29) is 47.1 Å². The number of aliphatic carboxylic acids is 1. The van der Waals surface area contributed by atoms with E-state index < -0.39 is 17.8 Å². The van der Waals surface area contributed by atoms with Crippen LogP contribution in [0.2, 0.25) is 0 Å². The van der Waals surface area contributed by atoms with E-state index in [1.54, 1.807) is 7.11 Å². The number of nitrogens with two attached hydrogens (primary N) is 1. The minimum atomic E-state index is -0.789. The molecule has 0 amide bonds. The fraction of sp³-hybridized carbons (Fsp3) is 0.871. The van der Waals surface area contributed by atoms with Crippen LogP contribution in [0.1, 0.15) is 58.8 Å². The molecular formula is C31H50N2O6. The highest BCUT2D eigenvalue weighted by Crippen LogP contribution is 2.64. The van der Waals surface area contributed by atoms with Crippen molar-refractivity contribution >= 4 is 11.8 Å². The van der Waals surface area contributed by atoms with Crippen molar-refractivity contribution < 1.29 is 28.9 Å². The van der Waals surface area contributed by atoms with Gasteiger partial charge in [0, 0.05) is 30.9 Å². The Labute approximate surface area is 233 Å². The Morgan fingerprint density at radius 3 is 2.77 bits per heavy atom. The third-order valence-electron chi connectivity index (χ3n) is 10.9. The van der Waals surface area contributed by atoms with Crippen LogP contribution in [0.5, 0.6) is 0 Å². The van der Waals surface area contributed by atoms with E-state index >= 15 is 0 Å². The molecule has 0 aromatic carbocycles. The van der Waals surface area contributed by atoms with Crippen LogP contribution < -0.4 is 11.1 Å². The Hall–Kier alpha value is -1.32. The maximum Gasteiger partial charge on any atom is 0.307 e. The first kappa shape index (κ1) is 29.2.